The van der Waals surface area contributed by atoms with E-state index in [0.717, 1.165) is 90.0 Å². The standard InChI is InChI=1S/C90H70N6/c1-89(2,3)59-25-23-35-65(53-59)95-79-39-21-19-37-71(79)73-45-41-67(55-83(73)95)91(61-27-11-7-12-28-61)69-43-47-77-85(57-69)93(63-31-15-9-16-32-63)81-51-49-76-75(87(77)81)50-52-82-88(76)78-48-44-70(58-86(78)94(82)64-33-17-10-18-34-64)92(62-29-13-8-14-30-62)68-42-46-74-72-38-20-22-40-80(72)96(84(74)56-68)66-36-24-26-60(54-66)90(4,5)6/h7-58H,1-6H3. The first-order chi connectivity index (χ1) is 46.9. The molecule has 14 aromatic carbocycles. The summed E-state index contributed by atoms with van der Waals surface area (Å²) < 4.78 is 9.86. The van der Waals surface area contributed by atoms with E-state index < -0.39 is 0 Å². The summed E-state index contributed by atoms with van der Waals surface area (Å²) >= 11 is 0. The van der Waals surface area contributed by atoms with Gasteiger partial charge in [-0.1, -0.05) is 211 Å². The second kappa shape index (κ2) is 21.9. The van der Waals surface area contributed by atoms with Gasteiger partial charge in [0.05, 0.1) is 44.1 Å². The summed E-state index contributed by atoms with van der Waals surface area (Å²) in [5.74, 6) is 0. The Hall–Kier alpha value is -11.9. The van der Waals surface area contributed by atoms with Crippen LogP contribution in [0.15, 0.2) is 315 Å². The molecule has 0 saturated heterocycles. The quantitative estimate of drug-likeness (QED) is 0.136. The average Bonchev–Trinajstić information content (AvgIpc) is 1.57. The minimum absolute atomic E-state index is 0.00651. The van der Waals surface area contributed by atoms with E-state index in [2.05, 4.69) is 385 Å². The Morgan fingerprint density at radius 3 is 0.865 bits per heavy atom. The monoisotopic (exact) mass is 1230 g/mol. The number of hydrogen-bond acceptors (Lipinski definition) is 2. The molecule has 0 aliphatic carbocycles. The molecule has 96 heavy (non-hydrogen) atoms. The molecule has 0 N–H and O–H groups in total. The summed E-state index contributed by atoms with van der Waals surface area (Å²) in [4.78, 5) is 4.86. The highest BCUT2D eigenvalue weighted by molar-refractivity contribution is 6.30. The maximum atomic E-state index is 2.47. The van der Waals surface area contributed by atoms with Gasteiger partial charge in [0.1, 0.15) is 0 Å². The molecule has 460 valence electrons. The lowest BCUT2D eigenvalue weighted by Gasteiger charge is -2.26. The molecule has 0 bridgehead atoms. The van der Waals surface area contributed by atoms with Gasteiger partial charge in [0.2, 0.25) is 0 Å². The first kappa shape index (κ1) is 56.9. The summed E-state index contributed by atoms with van der Waals surface area (Å²) in [5, 5.41) is 12.1. The topological polar surface area (TPSA) is 26.2 Å². The van der Waals surface area contributed by atoms with Gasteiger partial charge in [-0.15, -0.1) is 0 Å². The predicted molar refractivity (Wildman–Crippen MR) is 408 cm³/mol. The van der Waals surface area contributed by atoms with Gasteiger partial charge in [-0.3, -0.25) is 0 Å². The van der Waals surface area contributed by atoms with E-state index in [9.17, 15) is 0 Å². The van der Waals surface area contributed by atoms with Crippen LogP contribution in [0.2, 0.25) is 0 Å². The van der Waals surface area contributed by atoms with Gasteiger partial charge in [-0.05, 0) is 178 Å². The van der Waals surface area contributed by atoms with Crippen molar-refractivity contribution in [1.82, 2.24) is 18.3 Å². The molecule has 0 aliphatic heterocycles. The van der Waals surface area contributed by atoms with Crippen molar-refractivity contribution in [2.24, 2.45) is 0 Å². The summed E-state index contributed by atoms with van der Waals surface area (Å²) in [6, 6.07) is 117. The van der Waals surface area contributed by atoms with E-state index in [4.69, 9.17) is 0 Å². The molecule has 4 aromatic heterocycles. The smallest absolute Gasteiger partial charge is 0.0562 e. The van der Waals surface area contributed by atoms with Crippen LogP contribution in [0.5, 0.6) is 0 Å². The lowest BCUT2D eigenvalue weighted by atomic mass is 9.87. The Balaban J connectivity index is 0.835. The van der Waals surface area contributed by atoms with Crippen molar-refractivity contribution >= 4 is 132 Å². The lowest BCUT2D eigenvalue weighted by Crippen LogP contribution is -2.11. The van der Waals surface area contributed by atoms with Crippen molar-refractivity contribution < 1.29 is 0 Å². The fourth-order valence-corrected chi connectivity index (χ4v) is 15.4. The van der Waals surface area contributed by atoms with Gasteiger partial charge >= 0.3 is 0 Å². The molecule has 0 aliphatic rings. The van der Waals surface area contributed by atoms with Gasteiger partial charge < -0.3 is 28.1 Å². The molecule has 4 heterocycles. The van der Waals surface area contributed by atoms with E-state index in [1.165, 1.54) is 76.0 Å². The van der Waals surface area contributed by atoms with E-state index in [1.54, 1.807) is 0 Å². The number of fused-ring (bicyclic) bond motifs is 15. The molecule has 0 spiro atoms. The summed E-state index contributed by atoms with van der Waals surface area (Å²) in [6.07, 6.45) is 0. The van der Waals surface area contributed by atoms with Crippen LogP contribution in [-0.2, 0) is 10.8 Å². The Morgan fingerprint density at radius 2 is 0.490 bits per heavy atom. The summed E-state index contributed by atoms with van der Waals surface area (Å²) in [5.41, 5.74) is 22.8. The molecule has 18 rings (SSSR count). The van der Waals surface area contributed by atoms with E-state index in [-0.39, 0.29) is 10.8 Å². The average molecular weight is 1240 g/mol. The zero-order valence-electron chi connectivity index (χ0n) is 54.7. The normalized spacial score (nSPS) is 12.3. The third-order valence-electron chi connectivity index (χ3n) is 20.0. The number of para-hydroxylation sites is 6. The van der Waals surface area contributed by atoms with E-state index in [1.807, 2.05) is 0 Å². The number of benzene rings is 14. The second-order valence-corrected chi connectivity index (χ2v) is 27.8. The second-order valence-electron chi connectivity index (χ2n) is 27.8. The van der Waals surface area contributed by atoms with Crippen LogP contribution in [0, 0.1) is 0 Å². The minimum atomic E-state index is -0.00651. The van der Waals surface area contributed by atoms with Gasteiger partial charge in [0.15, 0.2) is 0 Å². The Labute approximate surface area is 558 Å². The Kier molecular flexibility index (Phi) is 13.0. The van der Waals surface area contributed by atoms with Crippen LogP contribution in [0.1, 0.15) is 52.7 Å². The lowest BCUT2D eigenvalue weighted by molar-refractivity contribution is 0.589. The molecule has 0 unspecified atom stereocenters. The zero-order valence-corrected chi connectivity index (χ0v) is 54.7. The Morgan fingerprint density at radius 1 is 0.198 bits per heavy atom. The van der Waals surface area contributed by atoms with Crippen LogP contribution < -0.4 is 9.80 Å². The van der Waals surface area contributed by atoms with Gasteiger partial charge in [-0.2, -0.15) is 0 Å². The van der Waals surface area contributed by atoms with Crippen LogP contribution in [-0.4, -0.2) is 18.3 Å². The van der Waals surface area contributed by atoms with E-state index in [0.29, 0.717) is 0 Å². The highest BCUT2D eigenvalue weighted by Gasteiger charge is 2.26. The fourth-order valence-electron chi connectivity index (χ4n) is 15.4. The first-order valence-corrected chi connectivity index (χ1v) is 33.5. The first-order valence-electron chi connectivity index (χ1n) is 33.5. The van der Waals surface area contributed by atoms with Crippen molar-refractivity contribution in [3.63, 3.8) is 0 Å². The van der Waals surface area contributed by atoms with Crippen molar-refractivity contribution in [3.05, 3.63) is 327 Å². The van der Waals surface area contributed by atoms with Crippen molar-refractivity contribution in [2.45, 2.75) is 52.4 Å². The molecule has 18 aromatic rings. The van der Waals surface area contributed by atoms with Gasteiger partial charge in [0.25, 0.3) is 0 Å². The molecule has 0 amide bonds. The zero-order chi connectivity index (χ0) is 64.6. The highest BCUT2D eigenvalue weighted by atomic mass is 15.2. The van der Waals surface area contributed by atoms with Crippen molar-refractivity contribution in [1.29, 1.82) is 0 Å². The summed E-state index contributed by atoms with van der Waals surface area (Å²) in [6.45, 7) is 13.8. The molecule has 0 saturated carbocycles. The van der Waals surface area contributed by atoms with Crippen LogP contribution >= 0.6 is 0 Å². The number of aromatic nitrogens is 4. The minimum Gasteiger partial charge on any atom is -0.310 e. The van der Waals surface area contributed by atoms with Crippen LogP contribution in [0.25, 0.3) is 121 Å². The maximum Gasteiger partial charge on any atom is 0.0562 e. The fraction of sp³-hybridized carbons (Fsp3) is 0.0889. The third kappa shape index (κ3) is 9.07. The highest BCUT2D eigenvalue weighted by Crippen LogP contribution is 2.48. The number of anilines is 6. The molecule has 0 fully saturated rings. The summed E-state index contributed by atoms with van der Waals surface area (Å²) in [7, 11) is 0. The molecular formula is C90H70N6. The third-order valence-corrected chi connectivity index (χ3v) is 20.0. The van der Waals surface area contributed by atoms with Gasteiger partial charge in [0, 0.05) is 100.0 Å². The molecular weight excluding hydrogens is 1170 g/mol. The Bertz CT molecular complexity index is 5720. The van der Waals surface area contributed by atoms with E-state index >= 15 is 0 Å². The SMILES string of the molecule is CC(C)(C)c1cccc(-n2c3ccccc3c3ccc(N(c4ccccc4)c4ccc5c6c7ccc8c(c7ccc6n(-c6ccccc6)c5c4)c4ccc(N(c5ccccc5)c5ccc6c7ccccc7n(-c7cccc(C(C)(C)C)c7)c6c5)cc4n8-c4ccccc4)cc32)c1. The number of rotatable bonds is 10. The van der Waals surface area contributed by atoms with Gasteiger partial charge in [-0.25, -0.2) is 0 Å². The van der Waals surface area contributed by atoms with Crippen molar-refractivity contribution in [2.75, 3.05) is 9.80 Å². The molecule has 0 radical (unpaired) electrons. The number of hydrogen-bond donors (Lipinski definition) is 0. The largest absolute Gasteiger partial charge is 0.310 e. The van der Waals surface area contributed by atoms with Crippen molar-refractivity contribution in [3.8, 4) is 22.7 Å². The maximum absolute atomic E-state index is 2.47. The molecule has 6 nitrogen and oxygen atoms in total. The van der Waals surface area contributed by atoms with Crippen LogP contribution in [0.3, 0.4) is 0 Å². The number of nitrogens with zero attached hydrogens (tertiary/aromatic N) is 6. The molecule has 0 atom stereocenters. The predicted octanol–water partition coefficient (Wildman–Crippen LogP) is 24.8. The molecule has 6 heteroatoms. The van der Waals surface area contributed by atoms with Crippen LogP contribution in [0.4, 0.5) is 34.1 Å².